The van der Waals surface area contributed by atoms with Crippen LogP contribution in [-0.4, -0.2) is 34.5 Å². The van der Waals surface area contributed by atoms with Gasteiger partial charge in [-0.25, -0.2) is 4.79 Å². The van der Waals surface area contributed by atoms with Crippen LogP contribution in [0.3, 0.4) is 0 Å². The molecule has 1 fully saturated rings. The van der Waals surface area contributed by atoms with Gasteiger partial charge in [-0.15, -0.1) is 0 Å². The van der Waals surface area contributed by atoms with Crippen LogP contribution in [0, 0.1) is 11.3 Å². The molecule has 17 heavy (non-hydrogen) atoms. The average Bonchev–Trinajstić information content (AvgIpc) is 2.63. The van der Waals surface area contributed by atoms with Crippen LogP contribution in [0.4, 0.5) is 0 Å². The first-order valence-electron chi connectivity index (χ1n) is 6.25. The first-order chi connectivity index (χ1) is 7.73. The van der Waals surface area contributed by atoms with Gasteiger partial charge in [0.15, 0.2) is 0 Å². The van der Waals surface area contributed by atoms with Crippen molar-refractivity contribution in [3.8, 4) is 0 Å². The van der Waals surface area contributed by atoms with Gasteiger partial charge in [-0.1, -0.05) is 27.7 Å². The van der Waals surface area contributed by atoms with Crippen LogP contribution in [0.5, 0.6) is 0 Å². The minimum Gasteiger partial charge on any atom is -0.480 e. The fraction of sp³-hybridized carbons (Fsp3) is 0.846. The van der Waals surface area contributed by atoms with E-state index in [4.69, 9.17) is 5.11 Å². The molecule has 1 rings (SSSR count). The fourth-order valence-corrected chi connectivity index (χ4v) is 2.01. The van der Waals surface area contributed by atoms with E-state index in [1.54, 1.807) is 0 Å². The maximum Gasteiger partial charge on any atom is 0.326 e. The van der Waals surface area contributed by atoms with Gasteiger partial charge in [0, 0.05) is 13.0 Å². The van der Waals surface area contributed by atoms with E-state index in [2.05, 4.69) is 20.8 Å². The van der Waals surface area contributed by atoms with Gasteiger partial charge < -0.3 is 10.0 Å². The lowest BCUT2D eigenvalue weighted by molar-refractivity contribution is -0.148. The second kappa shape index (κ2) is 5.07. The first-order valence-corrected chi connectivity index (χ1v) is 6.25. The van der Waals surface area contributed by atoms with Gasteiger partial charge in [-0.2, -0.15) is 0 Å². The van der Waals surface area contributed by atoms with Crippen molar-refractivity contribution in [2.45, 2.75) is 53.0 Å². The number of carbonyl (C=O) groups excluding carboxylic acids is 1. The summed E-state index contributed by atoms with van der Waals surface area (Å²) in [7, 11) is 0. The molecule has 1 unspecified atom stereocenters. The molecule has 0 aromatic carbocycles. The maximum atomic E-state index is 12.1. The Hall–Kier alpha value is -1.06. The van der Waals surface area contributed by atoms with Crippen molar-refractivity contribution in [2.24, 2.45) is 11.3 Å². The summed E-state index contributed by atoms with van der Waals surface area (Å²) in [6.45, 7) is 8.94. The van der Waals surface area contributed by atoms with Crippen LogP contribution >= 0.6 is 0 Å². The predicted molar refractivity (Wildman–Crippen MR) is 65.6 cm³/mol. The van der Waals surface area contributed by atoms with E-state index in [9.17, 15) is 9.59 Å². The summed E-state index contributed by atoms with van der Waals surface area (Å²) in [5, 5.41) is 9.03. The van der Waals surface area contributed by atoms with Crippen LogP contribution < -0.4 is 0 Å². The molecular formula is C13H23NO3. The molecule has 0 radical (unpaired) electrons. The van der Waals surface area contributed by atoms with Gasteiger partial charge in [0.1, 0.15) is 6.04 Å². The SMILES string of the molecule is CC(CC(=O)N1CCC[C@H]1C(=O)O)C(C)(C)C. The summed E-state index contributed by atoms with van der Waals surface area (Å²) in [6.07, 6.45) is 1.82. The lowest BCUT2D eigenvalue weighted by atomic mass is 9.80. The summed E-state index contributed by atoms with van der Waals surface area (Å²) in [5.41, 5.74) is 0.0775. The quantitative estimate of drug-likeness (QED) is 0.823. The summed E-state index contributed by atoms with van der Waals surface area (Å²) in [4.78, 5) is 24.6. The Kier molecular flexibility index (Phi) is 4.17. The zero-order valence-electron chi connectivity index (χ0n) is 11.2. The number of carboxylic acid groups (broad SMARTS) is 1. The van der Waals surface area contributed by atoms with Gasteiger partial charge in [-0.3, -0.25) is 4.79 Å². The number of likely N-dealkylation sites (tertiary alicyclic amines) is 1. The van der Waals surface area contributed by atoms with Crippen LogP contribution in [-0.2, 0) is 9.59 Å². The van der Waals surface area contributed by atoms with E-state index in [1.165, 1.54) is 4.90 Å². The Morgan fingerprint density at radius 3 is 2.47 bits per heavy atom. The highest BCUT2D eigenvalue weighted by molar-refractivity contribution is 5.84. The van der Waals surface area contributed by atoms with E-state index in [1.807, 2.05) is 6.92 Å². The van der Waals surface area contributed by atoms with Crippen LogP contribution in [0.1, 0.15) is 47.0 Å². The molecule has 0 aromatic heterocycles. The molecule has 0 bridgehead atoms. The molecule has 1 heterocycles. The normalized spacial score (nSPS) is 22.6. The van der Waals surface area contributed by atoms with Crippen molar-refractivity contribution < 1.29 is 14.7 Å². The summed E-state index contributed by atoms with van der Waals surface area (Å²) in [6, 6.07) is -0.602. The smallest absolute Gasteiger partial charge is 0.326 e. The highest BCUT2D eigenvalue weighted by Gasteiger charge is 2.35. The lowest BCUT2D eigenvalue weighted by Gasteiger charge is -2.29. The number of carbonyl (C=O) groups is 2. The molecule has 0 aromatic rings. The molecule has 4 heteroatoms. The number of rotatable bonds is 3. The Balaban J connectivity index is 2.61. The second-order valence-corrected chi connectivity index (χ2v) is 6.05. The van der Waals surface area contributed by atoms with E-state index < -0.39 is 12.0 Å². The van der Waals surface area contributed by atoms with Crippen molar-refractivity contribution >= 4 is 11.9 Å². The molecule has 1 aliphatic heterocycles. The second-order valence-electron chi connectivity index (χ2n) is 6.05. The Morgan fingerprint density at radius 2 is 2.00 bits per heavy atom. The molecule has 1 saturated heterocycles. The largest absolute Gasteiger partial charge is 0.480 e. The summed E-state index contributed by atoms with van der Waals surface area (Å²) < 4.78 is 0. The van der Waals surface area contributed by atoms with Gasteiger partial charge in [-0.05, 0) is 24.2 Å². The topological polar surface area (TPSA) is 57.6 Å². The molecule has 98 valence electrons. The molecule has 0 spiro atoms. The van der Waals surface area contributed by atoms with Crippen LogP contribution in [0.25, 0.3) is 0 Å². The van der Waals surface area contributed by atoms with E-state index in [0.717, 1.165) is 6.42 Å². The van der Waals surface area contributed by atoms with E-state index in [0.29, 0.717) is 19.4 Å². The minimum absolute atomic E-state index is 0.0164. The molecule has 0 saturated carbocycles. The molecular weight excluding hydrogens is 218 g/mol. The zero-order chi connectivity index (χ0) is 13.2. The number of hydrogen-bond donors (Lipinski definition) is 1. The van der Waals surface area contributed by atoms with Crippen LogP contribution in [0.15, 0.2) is 0 Å². The molecule has 0 aliphatic carbocycles. The Morgan fingerprint density at radius 1 is 1.41 bits per heavy atom. The molecule has 1 aliphatic rings. The molecule has 4 nitrogen and oxygen atoms in total. The third kappa shape index (κ3) is 3.45. The standard InChI is InChI=1S/C13H23NO3/c1-9(13(2,3)4)8-11(15)14-7-5-6-10(14)12(16)17/h9-10H,5-8H2,1-4H3,(H,16,17)/t9?,10-/m0/s1. The first kappa shape index (κ1) is 14.0. The van der Waals surface area contributed by atoms with Crippen molar-refractivity contribution in [2.75, 3.05) is 6.54 Å². The Bertz CT molecular complexity index is 306. The van der Waals surface area contributed by atoms with E-state index in [-0.39, 0.29) is 17.2 Å². The third-order valence-corrected chi connectivity index (χ3v) is 3.82. The summed E-state index contributed by atoms with van der Waals surface area (Å²) >= 11 is 0. The van der Waals surface area contributed by atoms with Crippen molar-refractivity contribution in [3.05, 3.63) is 0 Å². The monoisotopic (exact) mass is 241 g/mol. The molecule has 1 amide bonds. The zero-order valence-corrected chi connectivity index (χ0v) is 11.2. The molecule has 2 atom stereocenters. The van der Waals surface area contributed by atoms with Crippen molar-refractivity contribution in [3.63, 3.8) is 0 Å². The highest BCUT2D eigenvalue weighted by atomic mass is 16.4. The number of nitrogens with zero attached hydrogens (tertiary/aromatic N) is 1. The number of amides is 1. The van der Waals surface area contributed by atoms with E-state index >= 15 is 0 Å². The number of aliphatic carboxylic acids is 1. The van der Waals surface area contributed by atoms with Crippen molar-refractivity contribution in [1.29, 1.82) is 0 Å². The van der Waals surface area contributed by atoms with Gasteiger partial charge >= 0.3 is 5.97 Å². The van der Waals surface area contributed by atoms with Gasteiger partial charge in [0.05, 0.1) is 0 Å². The van der Waals surface area contributed by atoms with Crippen LogP contribution in [0.2, 0.25) is 0 Å². The number of carboxylic acids is 1. The summed E-state index contributed by atoms with van der Waals surface area (Å²) in [5.74, 6) is -0.637. The van der Waals surface area contributed by atoms with Crippen molar-refractivity contribution in [1.82, 2.24) is 4.90 Å². The fourth-order valence-electron chi connectivity index (χ4n) is 2.01. The minimum atomic E-state index is -0.876. The highest BCUT2D eigenvalue weighted by Crippen LogP contribution is 2.29. The van der Waals surface area contributed by atoms with Gasteiger partial charge in [0.25, 0.3) is 0 Å². The maximum absolute atomic E-state index is 12.1. The third-order valence-electron chi connectivity index (χ3n) is 3.82. The Labute approximate surface area is 103 Å². The lowest BCUT2D eigenvalue weighted by Crippen LogP contribution is -2.41. The average molecular weight is 241 g/mol. The number of hydrogen-bond acceptors (Lipinski definition) is 2. The van der Waals surface area contributed by atoms with Gasteiger partial charge in [0.2, 0.25) is 5.91 Å². The molecule has 1 N–H and O–H groups in total. The predicted octanol–water partition coefficient (Wildman–Crippen LogP) is 2.13.